The lowest BCUT2D eigenvalue weighted by atomic mass is 10.1. The second kappa shape index (κ2) is 8.71. The number of nitrogen functional groups attached to an aromatic ring is 1. The number of hydrogen-bond acceptors (Lipinski definition) is 9. The standard InChI is InChI=1S/C24H27N5O5/c1-24(2,30)34-18-11-21(29-9-8-16-22(29)26-13-27-23(16)31-3)33-19(18)12-32-15-6-4-14-5-7-20(25)28-17(14)10-15/h4-10,13,18-19,21,30H,11-12H2,1-3H3,(H2,25,28)/t18-,19+,21+/m0/s1. The molecule has 0 aliphatic carbocycles. The molecule has 1 aromatic carbocycles. The highest BCUT2D eigenvalue weighted by molar-refractivity contribution is 5.82. The third kappa shape index (κ3) is 4.47. The monoisotopic (exact) mass is 465 g/mol. The zero-order valence-corrected chi connectivity index (χ0v) is 19.2. The van der Waals surface area contributed by atoms with Crippen LogP contribution >= 0.6 is 0 Å². The smallest absolute Gasteiger partial charge is 0.225 e. The van der Waals surface area contributed by atoms with Crippen molar-refractivity contribution < 1.29 is 24.1 Å². The van der Waals surface area contributed by atoms with Crippen molar-refractivity contribution in [2.45, 2.75) is 44.5 Å². The van der Waals surface area contributed by atoms with Gasteiger partial charge in [-0.3, -0.25) is 0 Å². The third-order valence-corrected chi connectivity index (χ3v) is 5.70. The quantitative estimate of drug-likeness (QED) is 0.396. The highest BCUT2D eigenvalue weighted by atomic mass is 16.7. The molecule has 1 saturated heterocycles. The van der Waals surface area contributed by atoms with Crippen molar-refractivity contribution in [1.29, 1.82) is 0 Å². The van der Waals surface area contributed by atoms with Crippen molar-refractivity contribution in [2.24, 2.45) is 0 Å². The number of nitrogens with two attached hydrogens (primary N) is 1. The Kier molecular flexibility index (Phi) is 5.72. The van der Waals surface area contributed by atoms with E-state index in [9.17, 15) is 5.11 Å². The molecule has 5 rings (SSSR count). The first-order valence-electron chi connectivity index (χ1n) is 11.0. The number of pyridine rings is 1. The number of rotatable bonds is 7. The fourth-order valence-electron chi connectivity index (χ4n) is 4.24. The van der Waals surface area contributed by atoms with Crippen LogP contribution in [0, 0.1) is 0 Å². The van der Waals surface area contributed by atoms with Gasteiger partial charge < -0.3 is 34.4 Å². The van der Waals surface area contributed by atoms with Gasteiger partial charge in [0.1, 0.15) is 42.5 Å². The summed E-state index contributed by atoms with van der Waals surface area (Å²) in [5.74, 6) is 0.264. The normalized spacial score (nSPS) is 20.8. The second-order valence-corrected chi connectivity index (χ2v) is 8.71. The van der Waals surface area contributed by atoms with Gasteiger partial charge in [-0.1, -0.05) is 0 Å². The largest absolute Gasteiger partial charge is 0.491 e. The van der Waals surface area contributed by atoms with Gasteiger partial charge in [0.2, 0.25) is 5.88 Å². The van der Waals surface area contributed by atoms with Gasteiger partial charge in [-0.25, -0.2) is 15.0 Å². The summed E-state index contributed by atoms with van der Waals surface area (Å²) >= 11 is 0. The zero-order valence-electron chi connectivity index (χ0n) is 19.2. The minimum atomic E-state index is -1.32. The van der Waals surface area contributed by atoms with Gasteiger partial charge >= 0.3 is 0 Å². The molecule has 0 unspecified atom stereocenters. The summed E-state index contributed by atoms with van der Waals surface area (Å²) in [6.45, 7) is 3.42. The molecule has 10 heteroatoms. The minimum absolute atomic E-state index is 0.225. The van der Waals surface area contributed by atoms with Crippen molar-refractivity contribution in [3.8, 4) is 11.6 Å². The van der Waals surface area contributed by atoms with E-state index in [1.807, 2.05) is 41.1 Å². The number of aliphatic hydroxyl groups is 1. The van der Waals surface area contributed by atoms with E-state index >= 15 is 0 Å². The Hall–Kier alpha value is -3.47. The maximum Gasteiger partial charge on any atom is 0.225 e. The van der Waals surface area contributed by atoms with Crippen molar-refractivity contribution in [1.82, 2.24) is 19.5 Å². The molecule has 3 atom stereocenters. The van der Waals surface area contributed by atoms with Gasteiger partial charge in [0.25, 0.3) is 0 Å². The van der Waals surface area contributed by atoms with Crippen LogP contribution in [0.15, 0.2) is 48.9 Å². The van der Waals surface area contributed by atoms with Crippen LogP contribution in [-0.4, -0.2) is 56.3 Å². The first-order valence-corrected chi connectivity index (χ1v) is 11.0. The van der Waals surface area contributed by atoms with Crippen LogP contribution in [0.5, 0.6) is 11.6 Å². The van der Waals surface area contributed by atoms with Crippen molar-refractivity contribution in [2.75, 3.05) is 19.5 Å². The van der Waals surface area contributed by atoms with Crippen LogP contribution in [-0.2, 0) is 9.47 Å². The minimum Gasteiger partial charge on any atom is -0.491 e. The number of aromatic nitrogens is 4. The molecular formula is C24H27N5O5. The van der Waals surface area contributed by atoms with Crippen LogP contribution in [0.3, 0.4) is 0 Å². The average Bonchev–Trinajstić information content (AvgIpc) is 3.40. The lowest BCUT2D eigenvalue weighted by Crippen LogP contribution is -2.37. The number of hydrogen-bond donors (Lipinski definition) is 2. The summed E-state index contributed by atoms with van der Waals surface area (Å²) in [6, 6.07) is 11.2. The summed E-state index contributed by atoms with van der Waals surface area (Å²) in [4.78, 5) is 12.9. The Bertz CT molecular complexity index is 1320. The highest BCUT2D eigenvalue weighted by Crippen LogP contribution is 2.36. The van der Waals surface area contributed by atoms with Crippen molar-refractivity contribution >= 4 is 27.8 Å². The third-order valence-electron chi connectivity index (χ3n) is 5.70. The van der Waals surface area contributed by atoms with Crippen LogP contribution in [0.4, 0.5) is 5.82 Å². The Labute approximate surface area is 196 Å². The number of fused-ring (bicyclic) bond motifs is 2. The molecule has 0 saturated carbocycles. The van der Waals surface area contributed by atoms with Gasteiger partial charge in [0.15, 0.2) is 5.79 Å². The molecule has 4 heterocycles. The number of anilines is 1. The summed E-state index contributed by atoms with van der Waals surface area (Å²) in [6.07, 6.45) is 2.65. The van der Waals surface area contributed by atoms with E-state index in [1.165, 1.54) is 6.33 Å². The van der Waals surface area contributed by atoms with E-state index in [4.69, 9.17) is 24.7 Å². The Morgan fingerprint density at radius 2 is 2.03 bits per heavy atom. The lowest BCUT2D eigenvalue weighted by Gasteiger charge is -2.26. The van der Waals surface area contributed by atoms with Gasteiger partial charge in [-0.05, 0) is 44.2 Å². The Morgan fingerprint density at radius 3 is 2.82 bits per heavy atom. The van der Waals surface area contributed by atoms with E-state index in [-0.39, 0.29) is 12.8 Å². The van der Waals surface area contributed by atoms with Crippen LogP contribution in [0.1, 0.15) is 26.5 Å². The number of methoxy groups -OCH3 is 1. The molecule has 3 N–H and O–H groups in total. The number of ether oxygens (including phenoxy) is 4. The maximum absolute atomic E-state index is 10.3. The number of nitrogens with zero attached hydrogens (tertiary/aromatic N) is 4. The molecule has 178 valence electrons. The van der Waals surface area contributed by atoms with Crippen LogP contribution in [0.2, 0.25) is 0 Å². The van der Waals surface area contributed by atoms with Crippen molar-refractivity contribution in [3.05, 3.63) is 48.9 Å². The topological polar surface area (TPSA) is 127 Å². The van der Waals surface area contributed by atoms with E-state index in [1.54, 1.807) is 27.0 Å². The molecule has 34 heavy (non-hydrogen) atoms. The summed E-state index contributed by atoms with van der Waals surface area (Å²) in [5, 5.41) is 12.1. The van der Waals surface area contributed by atoms with E-state index < -0.39 is 18.0 Å². The fourth-order valence-corrected chi connectivity index (χ4v) is 4.24. The molecular weight excluding hydrogens is 438 g/mol. The Balaban J connectivity index is 1.37. The van der Waals surface area contributed by atoms with Gasteiger partial charge in [-0.15, -0.1) is 0 Å². The number of benzene rings is 1. The summed E-state index contributed by atoms with van der Waals surface area (Å²) < 4.78 is 25.6. The SMILES string of the molecule is COc1ncnc2c1ccn2[C@H]1C[C@H](OC(C)(C)O)[C@@H](COc2ccc3ccc(N)nc3c2)O1. The summed E-state index contributed by atoms with van der Waals surface area (Å²) in [7, 11) is 1.57. The van der Waals surface area contributed by atoms with Gasteiger partial charge in [-0.2, -0.15) is 0 Å². The lowest BCUT2D eigenvalue weighted by molar-refractivity contribution is -0.216. The van der Waals surface area contributed by atoms with E-state index in [0.29, 0.717) is 29.5 Å². The first kappa shape index (κ1) is 22.3. The molecule has 0 bridgehead atoms. The molecule has 0 radical (unpaired) electrons. The predicted molar refractivity (Wildman–Crippen MR) is 125 cm³/mol. The molecule has 4 aromatic rings. The first-order chi connectivity index (χ1) is 16.3. The highest BCUT2D eigenvalue weighted by Gasteiger charge is 2.40. The molecule has 1 fully saturated rings. The Morgan fingerprint density at radius 1 is 1.21 bits per heavy atom. The molecule has 1 aliphatic rings. The molecule has 0 amide bonds. The molecule has 10 nitrogen and oxygen atoms in total. The van der Waals surface area contributed by atoms with Gasteiger partial charge in [0.05, 0.1) is 24.1 Å². The van der Waals surface area contributed by atoms with Gasteiger partial charge in [0, 0.05) is 24.1 Å². The predicted octanol–water partition coefficient (Wildman–Crippen LogP) is 3.05. The van der Waals surface area contributed by atoms with Crippen LogP contribution < -0.4 is 15.2 Å². The van der Waals surface area contributed by atoms with Crippen LogP contribution in [0.25, 0.3) is 21.9 Å². The van der Waals surface area contributed by atoms with Crippen molar-refractivity contribution in [3.63, 3.8) is 0 Å². The molecule has 3 aromatic heterocycles. The van der Waals surface area contributed by atoms with E-state index in [0.717, 1.165) is 16.3 Å². The molecule has 1 aliphatic heterocycles. The van der Waals surface area contributed by atoms with E-state index in [2.05, 4.69) is 15.0 Å². The maximum atomic E-state index is 10.3. The zero-order chi connectivity index (χ0) is 23.9. The summed E-state index contributed by atoms with van der Waals surface area (Å²) in [5.41, 5.74) is 7.26. The average molecular weight is 466 g/mol. The second-order valence-electron chi connectivity index (χ2n) is 8.71. The fraction of sp³-hybridized carbons (Fsp3) is 0.375. The molecule has 0 spiro atoms.